The van der Waals surface area contributed by atoms with Crippen LogP contribution in [0.3, 0.4) is 0 Å². The molecule has 0 aromatic carbocycles. The van der Waals surface area contributed by atoms with Gasteiger partial charge in [0.05, 0.1) is 19.6 Å². The Morgan fingerprint density at radius 3 is 0.735 bits per heavy atom. The first-order valence-electron chi connectivity index (χ1n) is 16.3. The van der Waals surface area contributed by atoms with E-state index in [9.17, 15) is 5.21 Å². The molecule has 0 unspecified atom stereocenters. The van der Waals surface area contributed by atoms with Crippen LogP contribution in [0.1, 0.15) is 188 Å². The Kier molecular flexibility index (Phi) is 27.4. The van der Waals surface area contributed by atoms with Crippen molar-refractivity contribution in [2.75, 3.05) is 19.6 Å². The smallest absolute Gasteiger partial charge is 0.0783 e. The van der Waals surface area contributed by atoms with Crippen LogP contribution in [-0.4, -0.2) is 24.3 Å². The van der Waals surface area contributed by atoms with E-state index in [1.54, 1.807) is 0 Å². The lowest BCUT2D eigenvalue weighted by Gasteiger charge is -2.41. The number of nitrogens with zero attached hydrogens (tertiary/aromatic N) is 1. The third-order valence-corrected chi connectivity index (χ3v) is 8.07. The lowest BCUT2D eigenvalue weighted by molar-refractivity contribution is -0.877. The molecule has 0 atom stereocenters. The molecule has 0 aliphatic carbocycles. The highest BCUT2D eigenvalue weighted by Crippen LogP contribution is 2.16. The van der Waals surface area contributed by atoms with Crippen molar-refractivity contribution in [3.63, 3.8) is 0 Å². The van der Waals surface area contributed by atoms with Crippen LogP contribution in [0.5, 0.6) is 0 Å². The molecule has 0 aliphatic rings. The van der Waals surface area contributed by atoms with Gasteiger partial charge < -0.3 is 9.85 Å². The van der Waals surface area contributed by atoms with Crippen LogP contribution in [-0.2, 0) is 0 Å². The Morgan fingerprint density at radius 2 is 0.529 bits per heavy atom. The lowest BCUT2D eigenvalue weighted by atomic mass is 10.0. The second kappa shape index (κ2) is 27.5. The van der Waals surface area contributed by atoms with E-state index < -0.39 is 0 Å². The van der Waals surface area contributed by atoms with E-state index in [1.165, 1.54) is 161 Å². The number of rotatable bonds is 29. The molecular weight excluding hydrogens is 414 g/mol. The van der Waals surface area contributed by atoms with E-state index in [2.05, 4.69) is 6.92 Å². The third kappa shape index (κ3) is 25.0. The van der Waals surface area contributed by atoms with Crippen molar-refractivity contribution in [1.29, 1.82) is 0 Å². The summed E-state index contributed by atoms with van der Waals surface area (Å²) in [5.41, 5.74) is 0. The molecule has 0 spiro atoms. The van der Waals surface area contributed by atoms with Crippen molar-refractivity contribution in [2.45, 2.75) is 188 Å². The Bertz CT molecular complexity index is 366. The van der Waals surface area contributed by atoms with Gasteiger partial charge in [-0.05, 0) is 26.7 Å². The molecule has 0 aliphatic heterocycles. The van der Waals surface area contributed by atoms with Crippen LogP contribution < -0.4 is 0 Å². The molecule has 206 valence electrons. The summed E-state index contributed by atoms with van der Waals surface area (Å²) in [4.78, 5) is 0. The van der Waals surface area contributed by atoms with Crippen LogP contribution in [0, 0.1) is 5.21 Å². The van der Waals surface area contributed by atoms with Crippen LogP contribution >= 0.6 is 0 Å². The van der Waals surface area contributed by atoms with Crippen molar-refractivity contribution < 1.29 is 4.65 Å². The standard InChI is InChI=1S/C32H67NO/c1-4-7-8-9-10-11-12-13-14-15-16-17-18-19-20-21-22-23-24-25-26-27-28-29-30-31-32-33(34,5-2)6-3/h4-32H2,1-3H3. The van der Waals surface area contributed by atoms with Crippen LogP contribution in [0.15, 0.2) is 0 Å². The topological polar surface area (TPSA) is 23.1 Å². The van der Waals surface area contributed by atoms with Gasteiger partial charge in [0.2, 0.25) is 0 Å². The Balaban J connectivity index is 3.09. The zero-order chi connectivity index (χ0) is 25.0. The summed E-state index contributed by atoms with van der Waals surface area (Å²) in [6, 6.07) is 0. The van der Waals surface area contributed by atoms with E-state index in [0.717, 1.165) is 26.1 Å². The highest BCUT2D eigenvalue weighted by molar-refractivity contribution is 4.52. The summed E-state index contributed by atoms with van der Waals surface area (Å²) < 4.78 is 0.0133. The Hall–Kier alpha value is -0.0800. The molecule has 0 N–H and O–H groups in total. The molecule has 0 aromatic heterocycles. The first-order chi connectivity index (χ1) is 16.7. The van der Waals surface area contributed by atoms with E-state index >= 15 is 0 Å². The predicted octanol–water partition coefficient (Wildman–Crippen LogP) is 11.5. The molecule has 0 fully saturated rings. The molecular formula is C32H67NO. The summed E-state index contributed by atoms with van der Waals surface area (Å²) in [5, 5.41) is 12.2. The summed E-state index contributed by atoms with van der Waals surface area (Å²) in [7, 11) is 0. The average Bonchev–Trinajstić information content (AvgIpc) is 2.86. The predicted molar refractivity (Wildman–Crippen MR) is 155 cm³/mol. The van der Waals surface area contributed by atoms with Gasteiger partial charge in [0.1, 0.15) is 0 Å². The van der Waals surface area contributed by atoms with Gasteiger partial charge in [0, 0.05) is 0 Å². The summed E-state index contributed by atoms with van der Waals surface area (Å²) in [6.45, 7) is 8.64. The summed E-state index contributed by atoms with van der Waals surface area (Å²) in [5.74, 6) is 0. The summed E-state index contributed by atoms with van der Waals surface area (Å²) in [6.07, 6.45) is 37.1. The van der Waals surface area contributed by atoms with Gasteiger partial charge in [0.15, 0.2) is 0 Å². The highest BCUT2D eigenvalue weighted by Gasteiger charge is 2.09. The maximum Gasteiger partial charge on any atom is 0.0783 e. The van der Waals surface area contributed by atoms with Crippen molar-refractivity contribution >= 4 is 0 Å². The van der Waals surface area contributed by atoms with Crippen molar-refractivity contribution in [1.82, 2.24) is 0 Å². The largest absolute Gasteiger partial charge is 0.633 e. The molecule has 0 rings (SSSR count). The summed E-state index contributed by atoms with van der Waals surface area (Å²) >= 11 is 0. The minimum absolute atomic E-state index is 0.0133. The molecule has 0 aromatic rings. The maximum atomic E-state index is 12.2. The normalized spacial score (nSPS) is 12.0. The number of hydrogen-bond acceptors (Lipinski definition) is 1. The van der Waals surface area contributed by atoms with Gasteiger partial charge in [-0.2, -0.15) is 0 Å². The molecule has 0 saturated carbocycles. The molecule has 0 radical (unpaired) electrons. The first-order valence-corrected chi connectivity index (χ1v) is 16.3. The number of hydroxylamine groups is 3. The molecule has 0 amide bonds. The van der Waals surface area contributed by atoms with Gasteiger partial charge >= 0.3 is 0 Å². The van der Waals surface area contributed by atoms with Gasteiger partial charge in [-0.3, -0.25) is 0 Å². The average molecular weight is 482 g/mol. The zero-order valence-corrected chi connectivity index (χ0v) is 24.4. The van der Waals surface area contributed by atoms with Crippen molar-refractivity contribution in [2.24, 2.45) is 0 Å². The number of hydrogen-bond donors (Lipinski definition) is 0. The van der Waals surface area contributed by atoms with E-state index in [0.29, 0.717) is 0 Å². The monoisotopic (exact) mass is 482 g/mol. The van der Waals surface area contributed by atoms with E-state index in [-0.39, 0.29) is 4.65 Å². The van der Waals surface area contributed by atoms with Gasteiger partial charge in [-0.1, -0.05) is 161 Å². The van der Waals surface area contributed by atoms with Gasteiger partial charge in [0.25, 0.3) is 0 Å². The molecule has 0 bridgehead atoms. The molecule has 2 nitrogen and oxygen atoms in total. The fourth-order valence-corrected chi connectivity index (χ4v) is 5.26. The second-order valence-corrected chi connectivity index (χ2v) is 11.3. The third-order valence-electron chi connectivity index (χ3n) is 8.07. The zero-order valence-electron chi connectivity index (χ0n) is 24.4. The fraction of sp³-hybridized carbons (Fsp3) is 1.00. The SMILES string of the molecule is CCCCCCCCCCCCCCCCCCCCCCCCCCCC[N+]([O-])(CC)CC. The fourth-order valence-electron chi connectivity index (χ4n) is 5.26. The molecule has 0 heterocycles. The maximum absolute atomic E-state index is 12.2. The second-order valence-electron chi connectivity index (χ2n) is 11.3. The van der Waals surface area contributed by atoms with Gasteiger partial charge in [-0.25, -0.2) is 0 Å². The molecule has 2 heteroatoms. The Morgan fingerprint density at radius 1 is 0.324 bits per heavy atom. The first kappa shape index (κ1) is 33.9. The minimum Gasteiger partial charge on any atom is -0.633 e. The van der Waals surface area contributed by atoms with E-state index in [1.807, 2.05) is 13.8 Å². The van der Waals surface area contributed by atoms with Crippen molar-refractivity contribution in [3.05, 3.63) is 5.21 Å². The quantitative estimate of drug-likeness (QED) is 0.0591. The number of unbranched alkanes of at least 4 members (excludes halogenated alkanes) is 25. The lowest BCUT2D eigenvalue weighted by Crippen LogP contribution is -2.42. The molecule has 34 heavy (non-hydrogen) atoms. The number of quaternary nitrogens is 1. The van der Waals surface area contributed by atoms with Gasteiger partial charge in [-0.15, -0.1) is 0 Å². The van der Waals surface area contributed by atoms with Crippen LogP contribution in [0.4, 0.5) is 0 Å². The molecule has 0 saturated heterocycles. The Labute approximate surface area is 217 Å². The highest BCUT2D eigenvalue weighted by atomic mass is 16.5. The van der Waals surface area contributed by atoms with E-state index in [4.69, 9.17) is 0 Å². The van der Waals surface area contributed by atoms with Crippen LogP contribution in [0.2, 0.25) is 0 Å². The van der Waals surface area contributed by atoms with Crippen LogP contribution in [0.25, 0.3) is 0 Å². The minimum atomic E-state index is 0.0133. The van der Waals surface area contributed by atoms with Crippen molar-refractivity contribution in [3.8, 4) is 0 Å².